The summed E-state index contributed by atoms with van der Waals surface area (Å²) in [5, 5.41) is 0. The van der Waals surface area contributed by atoms with Gasteiger partial charge in [0.2, 0.25) is 0 Å². The first-order valence-electron chi connectivity index (χ1n) is 3.46. The molecule has 14 heavy (non-hydrogen) atoms. The van der Waals surface area contributed by atoms with Gasteiger partial charge in [-0.05, 0) is 6.92 Å². The summed E-state index contributed by atoms with van der Waals surface area (Å²) in [7, 11) is -5.75. The number of hydrogen-bond acceptors (Lipinski definition) is 4. The predicted octanol–water partition coefficient (Wildman–Crippen LogP) is 0.625. The van der Waals surface area contributed by atoms with Gasteiger partial charge in [0.1, 0.15) is 0 Å². The number of hydrogen-bond donors (Lipinski definition) is 2. The van der Waals surface area contributed by atoms with E-state index in [0.29, 0.717) is 0 Å². The van der Waals surface area contributed by atoms with Gasteiger partial charge in [-0.3, -0.25) is 4.57 Å². The minimum absolute atomic E-state index is 0.218. The lowest BCUT2D eigenvalue weighted by Gasteiger charge is -2.19. The molecule has 0 bridgehead atoms. The topological polar surface area (TPSA) is 89.6 Å². The van der Waals surface area contributed by atoms with Gasteiger partial charge in [0.05, 0.1) is 6.61 Å². The minimum Gasteiger partial charge on any atom is -0.464 e. The normalized spacial score (nSPS) is 18.4. The maximum atomic E-state index is 11.9. The first-order valence-corrected chi connectivity index (χ1v) is 5.19. The number of carbonyl (C=O) groups is 1. The van der Waals surface area contributed by atoms with Crippen LogP contribution in [0.15, 0.2) is 0 Å². The number of ether oxygens (including phenoxy) is 1. The zero-order valence-corrected chi connectivity index (χ0v) is 8.01. The van der Waals surface area contributed by atoms with Crippen molar-refractivity contribution < 1.29 is 32.2 Å². The summed E-state index contributed by atoms with van der Waals surface area (Å²) in [5.41, 5.74) is 4.66. The SMILES string of the molecule is CCOC(=O)C(N)P(=O)(O)C(F)(F)F. The van der Waals surface area contributed by atoms with E-state index >= 15 is 0 Å². The largest absolute Gasteiger partial charge is 0.467 e. The average Bonchev–Trinajstić information content (AvgIpc) is 2.01. The van der Waals surface area contributed by atoms with Gasteiger partial charge in [-0.15, -0.1) is 0 Å². The van der Waals surface area contributed by atoms with E-state index < -0.39 is 25.0 Å². The molecule has 0 aliphatic rings. The highest BCUT2D eigenvalue weighted by Gasteiger charge is 2.57. The third kappa shape index (κ3) is 2.70. The van der Waals surface area contributed by atoms with E-state index in [1.54, 1.807) is 0 Å². The third-order valence-corrected chi connectivity index (χ3v) is 2.96. The first-order chi connectivity index (χ1) is 6.14. The molecular formula is C5H9F3NO4P. The molecule has 0 spiro atoms. The second kappa shape index (κ2) is 4.29. The van der Waals surface area contributed by atoms with Crippen molar-refractivity contribution in [1.29, 1.82) is 0 Å². The van der Waals surface area contributed by atoms with Gasteiger partial charge in [0.15, 0.2) is 5.78 Å². The van der Waals surface area contributed by atoms with E-state index in [0.717, 1.165) is 0 Å². The van der Waals surface area contributed by atoms with Crippen molar-refractivity contribution in [2.24, 2.45) is 5.73 Å². The molecule has 2 atom stereocenters. The number of rotatable bonds is 3. The Morgan fingerprint density at radius 1 is 1.64 bits per heavy atom. The smallest absolute Gasteiger partial charge is 0.464 e. The number of halogens is 3. The lowest BCUT2D eigenvalue weighted by atomic mass is 10.7. The second-order valence-electron chi connectivity index (χ2n) is 2.29. The van der Waals surface area contributed by atoms with Crippen LogP contribution >= 0.6 is 7.37 Å². The predicted molar refractivity (Wildman–Crippen MR) is 40.5 cm³/mol. The molecule has 0 aromatic rings. The van der Waals surface area contributed by atoms with E-state index in [1.807, 2.05) is 0 Å². The summed E-state index contributed by atoms with van der Waals surface area (Å²) < 4.78 is 50.4. The maximum Gasteiger partial charge on any atom is 0.467 e. The molecule has 0 heterocycles. The second-order valence-corrected chi connectivity index (χ2v) is 4.60. The molecule has 0 fully saturated rings. The average molecular weight is 235 g/mol. The molecule has 2 unspecified atom stereocenters. The molecule has 0 aliphatic carbocycles. The van der Waals surface area contributed by atoms with Crippen molar-refractivity contribution >= 4 is 13.3 Å². The van der Waals surface area contributed by atoms with Gasteiger partial charge in [0.25, 0.3) is 0 Å². The van der Waals surface area contributed by atoms with E-state index in [9.17, 15) is 22.5 Å². The molecular weight excluding hydrogens is 226 g/mol. The fraction of sp³-hybridized carbons (Fsp3) is 0.800. The van der Waals surface area contributed by atoms with Crippen molar-refractivity contribution in [2.45, 2.75) is 18.6 Å². The highest BCUT2D eigenvalue weighted by Crippen LogP contribution is 2.59. The van der Waals surface area contributed by atoms with Crippen molar-refractivity contribution in [2.75, 3.05) is 6.61 Å². The Morgan fingerprint density at radius 2 is 2.07 bits per heavy atom. The molecule has 3 N–H and O–H groups in total. The van der Waals surface area contributed by atoms with Crippen LogP contribution in [0.4, 0.5) is 13.2 Å². The Balaban J connectivity index is 4.76. The molecule has 84 valence electrons. The summed E-state index contributed by atoms with van der Waals surface area (Å²) in [6.45, 7) is 1.12. The molecule has 0 saturated carbocycles. The van der Waals surface area contributed by atoms with Crippen LogP contribution < -0.4 is 5.73 Å². The Hall–Kier alpha value is -0.590. The van der Waals surface area contributed by atoms with E-state index in [1.165, 1.54) is 6.92 Å². The Bertz CT molecular complexity index is 266. The minimum atomic E-state index is -5.75. The van der Waals surface area contributed by atoms with E-state index in [2.05, 4.69) is 10.5 Å². The number of nitrogens with two attached hydrogens (primary N) is 1. The molecule has 0 aliphatic heterocycles. The summed E-state index contributed by atoms with van der Waals surface area (Å²) in [6.07, 6.45) is 0. The fourth-order valence-corrected chi connectivity index (χ4v) is 1.20. The maximum absolute atomic E-state index is 11.9. The van der Waals surface area contributed by atoms with Crippen molar-refractivity contribution in [3.8, 4) is 0 Å². The van der Waals surface area contributed by atoms with Gasteiger partial charge in [-0.25, -0.2) is 4.79 Å². The molecule has 0 saturated heterocycles. The zero-order valence-electron chi connectivity index (χ0n) is 7.11. The van der Waals surface area contributed by atoms with E-state index in [4.69, 9.17) is 4.89 Å². The quantitative estimate of drug-likeness (QED) is 0.553. The Morgan fingerprint density at radius 3 is 2.36 bits per heavy atom. The van der Waals surface area contributed by atoms with Gasteiger partial charge >= 0.3 is 19.3 Å². The number of carbonyl (C=O) groups excluding carboxylic acids is 1. The van der Waals surface area contributed by atoms with Crippen LogP contribution in [0.5, 0.6) is 0 Å². The molecule has 5 nitrogen and oxygen atoms in total. The van der Waals surface area contributed by atoms with Gasteiger partial charge in [-0.1, -0.05) is 0 Å². The van der Waals surface area contributed by atoms with Gasteiger partial charge < -0.3 is 15.4 Å². The molecule has 0 amide bonds. The third-order valence-electron chi connectivity index (χ3n) is 1.27. The number of esters is 1. The lowest BCUT2D eigenvalue weighted by molar-refractivity contribution is -0.143. The lowest BCUT2D eigenvalue weighted by Crippen LogP contribution is -2.36. The zero-order chi connectivity index (χ0) is 11.6. The van der Waals surface area contributed by atoms with Crippen LogP contribution in [-0.2, 0) is 14.1 Å². The first kappa shape index (κ1) is 13.4. The van der Waals surface area contributed by atoms with Gasteiger partial charge in [0, 0.05) is 0 Å². The van der Waals surface area contributed by atoms with Crippen molar-refractivity contribution in [1.82, 2.24) is 0 Å². The molecule has 0 radical (unpaired) electrons. The van der Waals surface area contributed by atoms with Crippen LogP contribution in [0.2, 0.25) is 0 Å². The standard InChI is InChI=1S/C5H9F3NO4P/c1-2-13-4(10)3(9)14(11,12)5(6,7)8/h3H,2,9H2,1H3,(H,11,12). The Kier molecular flexibility index (Phi) is 4.11. The summed E-state index contributed by atoms with van der Waals surface area (Å²) in [5.74, 6) is -9.54. The highest BCUT2D eigenvalue weighted by molar-refractivity contribution is 7.60. The van der Waals surface area contributed by atoms with Crippen LogP contribution in [0.1, 0.15) is 6.92 Å². The van der Waals surface area contributed by atoms with E-state index in [-0.39, 0.29) is 6.61 Å². The number of alkyl halides is 3. The monoisotopic (exact) mass is 235 g/mol. The summed E-state index contributed by atoms with van der Waals surface area (Å²) in [4.78, 5) is 19.2. The highest BCUT2D eigenvalue weighted by atomic mass is 31.2. The van der Waals surface area contributed by atoms with Gasteiger partial charge in [-0.2, -0.15) is 13.2 Å². The van der Waals surface area contributed by atoms with Crippen LogP contribution in [-0.4, -0.2) is 29.2 Å². The van der Waals surface area contributed by atoms with Crippen molar-refractivity contribution in [3.05, 3.63) is 0 Å². The molecule has 0 rings (SSSR count). The summed E-state index contributed by atoms with van der Waals surface area (Å²) in [6, 6.07) is 0. The fourth-order valence-electron chi connectivity index (χ4n) is 0.528. The molecule has 0 aromatic heterocycles. The van der Waals surface area contributed by atoms with Crippen LogP contribution in [0.3, 0.4) is 0 Å². The van der Waals surface area contributed by atoms with Crippen LogP contribution in [0, 0.1) is 0 Å². The Labute approximate surface area is 77.5 Å². The molecule has 0 aromatic carbocycles. The molecule has 9 heteroatoms. The summed E-state index contributed by atoms with van der Waals surface area (Å²) >= 11 is 0. The van der Waals surface area contributed by atoms with Crippen LogP contribution in [0.25, 0.3) is 0 Å². The van der Waals surface area contributed by atoms with Crippen molar-refractivity contribution in [3.63, 3.8) is 0 Å².